The predicted molar refractivity (Wildman–Crippen MR) is 54.8 cm³/mol. The van der Waals surface area contributed by atoms with Crippen LogP contribution in [-0.4, -0.2) is 33.1 Å². The molecular weight excluding hydrogens is 166 g/mol. The van der Waals surface area contributed by atoms with E-state index in [4.69, 9.17) is 9.47 Å². The largest absolute Gasteiger partial charge is 0.354 e. The van der Waals surface area contributed by atoms with Gasteiger partial charge in [0.15, 0.2) is 6.29 Å². The Labute approximate surface area is 81.8 Å². The van der Waals surface area contributed by atoms with Crippen molar-refractivity contribution in [1.29, 1.82) is 0 Å². The third-order valence-corrected chi connectivity index (χ3v) is 2.12. The van der Waals surface area contributed by atoms with Crippen LogP contribution in [0.1, 0.15) is 33.1 Å². The summed E-state index contributed by atoms with van der Waals surface area (Å²) in [5.74, 6) is 0. The van der Waals surface area contributed by atoms with Crippen LogP contribution in [0.5, 0.6) is 0 Å². The van der Waals surface area contributed by atoms with E-state index in [1.54, 1.807) is 14.2 Å². The molecule has 0 aromatic heterocycles. The van der Waals surface area contributed by atoms with Gasteiger partial charge in [-0.15, -0.1) is 0 Å². The Bertz CT molecular complexity index is 105. The number of nitrogens with one attached hydrogen (secondary N) is 1. The number of methoxy groups -OCH3 is 2. The zero-order valence-corrected chi connectivity index (χ0v) is 9.30. The highest BCUT2D eigenvalue weighted by atomic mass is 16.7. The lowest BCUT2D eigenvalue weighted by atomic mass is 10.2. The maximum absolute atomic E-state index is 5.13. The summed E-state index contributed by atoms with van der Waals surface area (Å²) in [6, 6.07) is 0.256. The van der Waals surface area contributed by atoms with Crippen LogP contribution in [-0.2, 0) is 9.47 Å². The fraction of sp³-hybridized carbons (Fsp3) is 1.00. The molecule has 13 heavy (non-hydrogen) atoms. The third kappa shape index (κ3) is 6.02. The normalized spacial score (nSPS) is 13.6. The minimum Gasteiger partial charge on any atom is -0.354 e. The molecule has 80 valence electrons. The Morgan fingerprint density at radius 1 is 1.15 bits per heavy atom. The Morgan fingerprint density at radius 2 is 1.77 bits per heavy atom. The van der Waals surface area contributed by atoms with Gasteiger partial charge in [0.1, 0.15) is 0 Å². The second-order valence-electron chi connectivity index (χ2n) is 3.29. The molecule has 0 amide bonds. The summed E-state index contributed by atoms with van der Waals surface area (Å²) >= 11 is 0. The standard InChI is InChI=1S/C10H23NO2/c1-5-6-7-8-11-9(2)10(12-3)13-4/h9-11H,5-8H2,1-4H3. The van der Waals surface area contributed by atoms with Crippen LogP contribution in [0.15, 0.2) is 0 Å². The Morgan fingerprint density at radius 3 is 2.23 bits per heavy atom. The SMILES string of the molecule is CCCCCNC(C)C(OC)OC. The third-order valence-electron chi connectivity index (χ3n) is 2.12. The van der Waals surface area contributed by atoms with Crippen LogP contribution in [0.25, 0.3) is 0 Å². The Balaban J connectivity index is 3.42. The first-order valence-corrected chi connectivity index (χ1v) is 5.05. The molecule has 3 nitrogen and oxygen atoms in total. The summed E-state index contributed by atoms with van der Waals surface area (Å²) in [6.45, 7) is 5.32. The molecule has 0 aliphatic carbocycles. The number of unbranched alkanes of at least 4 members (excludes halogenated alkanes) is 2. The average molecular weight is 189 g/mol. The van der Waals surface area contributed by atoms with Crippen LogP contribution in [0.2, 0.25) is 0 Å². The van der Waals surface area contributed by atoms with E-state index in [9.17, 15) is 0 Å². The van der Waals surface area contributed by atoms with E-state index in [0.717, 1.165) is 6.54 Å². The van der Waals surface area contributed by atoms with Crippen LogP contribution in [0, 0.1) is 0 Å². The summed E-state index contributed by atoms with van der Waals surface area (Å²) in [4.78, 5) is 0. The van der Waals surface area contributed by atoms with E-state index in [2.05, 4.69) is 19.2 Å². The molecule has 0 fully saturated rings. The van der Waals surface area contributed by atoms with Gasteiger partial charge in [0.05, 0.1) is 6.04 Å². The van der Waals surface area contributed by atoms with Gasteiger partial charge >= 0.3 is 0 Å². The summed E-state index contributed by atoms with van der Waals surface area (Å²) in [7, 11) is 3.33. The van der Waals surface area contributed by atoms with Crippen molar-refractivity contribution in [1.82, 2.24) is 5.32 Å². The van der Waals surface area contributed by atoms with Gasteiger partial charge in [-0.3, -0.25) is 0 Å². The zero-order chi connectivity index (χ0) is 10.1. The van der Waals surface area contributed by atoms with Gasteiger partial charge in [0.2, 0.25) is 0 Å². The molecule has 0 aliphatic heterocycles. The first-order valence-electron chi connectivity index (χ1n) is 5.05. The molecule has 0 aromatic carbocycles. The molecule has 1 atom stereocenters. The topological polar surface area (TPSA) is 30.5 Å². The fourth-order valence-electron chi connectivity index (χ4n) is 1.31. The zero-order valence-electron chi connectivity index (χ0n) is 9.30. The van der Waals surface area contributed by atoms with E-state index < -0.39 is 0 Å². The minimum atomic E-state index is -0.137. The first-order chi connectivity index (χ1) is 6.26. The van der Waals surface area contributed by atoms with E-state index in [-0.39, 0.29) is 12.3 Å². The van der Waals surface area contributed by atoms with E-state index in [0.29, 0.717) is 0 Å². The summed E-state index contributed by atoms with van der Waals surface area (Å²) < 4.78 is 10.3. The van der Waals surface area contributed by atoms with Gasteiger partial charge in [-0.05, 0) is 19.9 Å². The van der Waals surface area contributed by atoms with Crippen molar-refractivity contribution in [2.45, 2.75) is 45.4 Å². The summed E-state index contributed by atoms with van der Waals surface area (Å²) in [5, 5.41) is 3.37. The van der Waals surface area contributed by atoms with E-state index in [1.165, 1.54) is 19.3 Å². The number of hydrogen-bond donors (Lipinski definition) is 1. The van der Waals surface area contributed by atoms with Gasteiger partial charge in [0, 0.05) is 14.2 Å². The molecule has 0 saturated carbocycles. The van der Waals surface area contributed by atoms with Crippen molar-refractivity contribution in [3.8, 4) is 0 Å². The van der Waals surface area contributed by atoms with Crippen molar-refractivity contribution in [2.24, 2.45) is 0 Å². The molecule has 0 saturated heterocycles. The van der Waals surface area contributed by atoms with Crippen molar-refractivity contribution in [3.05, 3.63) is 0 Å². The van der Waals surface area contributed by atoms with Crippen LogP contribution in [0.4, 0.5) is 0 Å². The fourth-order valence-corrected chi connectivity index (χ4v) is 1.31. The number of rotatable bonds is 8. The molecule has 0 heterocycles. The van der Waals surface area contributed by atoms with Crippen molar-refractivity contribution in [3.63, 3.8) is 0 Å². The number of ether oxygens (including phenoxy) is 2. The van der Waals surface area contributed by atoms with Gasteiger partial charge in [-0.25, -0.2) is 0 Å². The monoisotopic (exact) mass is 189 g/mol. The highest BCUT2D eigenvalue weighted by Crippen LogP contribution is 1.99. The molecule has 3 heteroatoms. The maximum atomic E-state index is 5.13. The van der Waals surface area contributed by atoms with Gasteiger partial charge in [-0.1, -0.05) is 19.8 Å². The van der Waals surface area contributed by atoms with E-state index in [1.807, 2.05) is 0 Å². The predicted octanol–water partition coefficient (Wildman–Crippen LogP) is 1.77. The molecular formula is C10H23NO2. The molecule has 0 aromatic rings. The van der Waals surface area contributed by atoms with E-state index >= 15 is 0 Å². The summed E-state index contributed by atoms with van der Waals surface area (Å²) in [5.41, 5.74) is 0. The minimum absolute atomic E-state index is 0.137. The second-order valence-corrected chi connectivity index (χ2v) is 3.29. The van der Waals surface area contributed by atoms with Crippen molar-refractivity contribution < 1.29 is 9.47 Å². The maximum Gasteiger partial charge on any atom is 0.171 e. The van der Waals surface area contributed by atoms with Gasteiger partial charge < -0.3 is 14.8 Å². The van der Waals surface area contributed by atoms with Crippen LogP contribution in [0.3, 0.4) is 0 Å². The first kappa shape index (κ1) is 12.9. The summed E-state index contributed by atoms with van der Waals surface area (Å²) in [6.07, 6.45) is 3.63. The van der Waals surface area contributed by atoms with Gasteiger partial charge in [0.25, 0.3) is 0 Å². The highest BCUT2D eigenvalue weighted by molar-refractivity contribution is 4.63. The lowest BCUT2D eigenvalue weighted by Gasteiger charge is -2.22. The molecule has 0 rings (SSSR count). The molecule has 0 spiro atoms. The Hall–Kier alpha value is -0.120. The Kier molecular flexibility index (Phi) is 8.40. The second kappa shape index (κ2) is 8.48. The lowest BCUT2D eigenvalue weighted by molar-refractivity contribution is -0.119. The van der Waals surface area contributed by atoms with Crippen LogP contribution < -0.4 is 5.32 Å². The smallest absolute Gasteiger partial charge is 0.171 e. The lowest BCUT2D eigenvalue weighted by Crippen LogP contribution is -2.40. The van der Waals surface area contributed by atoms with Crippen molar-refractivity contribution >= 4 is 0 Å². The molecule has 0 bridgehead atoms. The average Bonchev–Trinajstić information content (AvgIpc) is 2.14. The highest BCUT2D eigenvalue weighted by Gasteiger charge is 2.13. The molecule has 1 N–H and O–H groups in total. The quantitative estimate of drug-likeness (QED) is 0.466. The molecule has 1 unspecified atom stereocenters. The van der Waals surface area contributed by atoms with Crippen molar-refractivity contribution in [2.75, 3.05) is 20.8 Å². The molecule has 0 aliphatic rings. The number of hydrogen-bond acceptors (Lipinski definition) is 3. The van der Waals surface area contributed by atoms with Gasteiger partial charge in [-0.2, -0.15) is 0 Å². The van der Waals surface area contributed by atoms with Crippen LogP contribution >= 0.6 is 0 Å². The molecule has 0 radical (unpaired) electrons.